The van der Waals surface area contributed by atoms with E-state index in [1.165, 1.54) is 0 Å². The van der Waals surface area contributed by atoms with E-state index in [2.05, 4.69) is 4.18 Å². The highest BCUT2D eigenvalue weighted by Gasteiger charge is 2.74. The van der Waals surface area contributed by atoms with Gasteiger partial charge in [0.2, 0.25) is 0 Å². The minimum Gasteiger partial charge on any atom is -0.382 e. The summed E-state index contributed by atoms with van der Waals surface area (Å²) in [5.41, 5.74) is -1.89. The Kier molecular flexibility index (Phi) is 4.21. The summed E-state index contributed by atoms with van der Waals surface area (Å²) in [6.45, 7) is 0. The summed E-state index contributed by atoms with van der Waals surface area (Å²) in [4.78, 5) is 0. The van der Waals surface area contributed by atoms with Crippen LogP contribution in [0, 0.1) is 0 Å². The van der Waals surface area contributed by atoms with Crippen LogP contribution in [0.3, 0.4) is 0 Å². The molecule has 0 N–H and O–H groups in total. The Labute approximate surface area is 114 Å². The number of para-hydroxylation sites is 1. The molecule has 21 heavy (non-hydrogen) atoms. The van der Waals surface area contributed by atoms with Crippen molar-refractivity contribution in [2.24, 2.45) is 0 Å². The average Bonchev–Trinajstić information content (AvgIpc) is 2.25. The Hall–Kier alpha value is -1.52. The van der Waals surface area contributed by atoms with E-state index < -0.39 is 39.5 Å². The maximum atomic E-state index is 13.5. The number of alkyl halides is 7. The topological polar surface area (TPSA) is 43.4 Å². The third-order valence-electron chi connectivity index (χ3n) is 2.22. The number of halogens is 7. The summed E-state index contributed by atoms with van der Waals surface area (Å²) in [7, 11) is -4.40. The van der Waals surface area contributed by atoms with Crippen LogP contribution in [0.4, 0.5) is 30.7 Å². The van der Waals surface area contributed by atoms with Crippen molar-refractivity contribution in [1.82, 2.24) is 0 Å². The van der Waals surface area contributed by atoms with Gasteiger partial charge in [-0.05, 0) is 12.1 Å². The van der Waals surface area contributed by atoms with Crippen molar-refractivity contribution in [2.75, 3.05) is 6.26 Å². The molecule has 1 rings (SSSR count). The van der Waals surface area contributed by atoms with Gasteiger partial charge in [-0.3, -0.25) is 0 Å². The van der Waals surface area contributed by atoms with Gasteiger partial charge in [-0.1, -0.05) is 12.1 Å². The maximum Gasteiger partial charge on any atom is 0.460 e. The minimum atomic E-state index is -6.53. The predicted molar refractivity (Wildman–Crippen MR) is 56.8 cm³/mol. The number of hydrogen-bond donors (Lipinski definition) is 0. The highest BCUT2D eigenvalue weighted by molar-refractivity contribution is 7.86. The standard InChI is InChI=1S/C10H7F7O3S/c1-21(18,19)20-7-5-3-2-4-6(7)8(11,12)9(13,14)10(15,16)17/h2-5H,1H3. The fourth-order valence-electron chi connectivity index (χ4n) is 1.31. The lowest BCUT2D eigenvalue weighted by Gasteiger charge is -2.29. The van der Waals surface area contributed by atoms with E-state index in [9.17, 15) is 39.2 Å². The molecule has 0 aliphatic rings. The quantitative estimate of drug-likeness (QED) is 0.624. The van der Waals surface area contributed by atoms with Gasteiger partial charge >= 0.3 is 28.1 Å². The van der Waals surface area contributed by atoms with Crippen LogP contribution in [-0.2, 0) is 16.0 Å². The first-order valence-corrected chi connectivity index (χ1v) is 6.83. The Morgan fingerprint density at radius 3 is 1.86 bits per heavy atom. The van der Waals surface area contributed by atoms with Gasteiger partial charge in [0.05, 0.1) is 11.8 Å². The van der Waals surface area contributed by atoms with E-state index in [0.717, 1.165) is 12.1 Å². The van der Waals surface area contributed by atoms with E-state index in [1.807, 2.05) is 0 Å². The maximum absolute atomic E-state index is 13.5. The molecule has 0 atom stereocenters. The molecule has 0 fully saturated rings. The van der Waals surface area contributed by atoms with Crippen LogP contribution in [0.15, 0.2) is 24.3 Å². The van der Waals surface area contributed by atoms with Crippen molar-refractivity contribution in [2.45, 2.75) is 18.0 Å². The van der Waals surface area contributed by atoms with Crippen LogP contribution in [0.25, 0.3) is 0 Å². The summed E-state index contributed by atoms with van der Waals surface area (Å²) in [5.74, 6) is -13.4. The van der Waals surface area contributed by atoms with Crippen molar-refractivity contribution in [3.63, 3.8) is 0 Å². The van der Waals surface area contributed by atoms with Crippen LogP contribution in [0.5, 0.6) is 5.75 Å². The molecule has 0 saturated carbocycles. The lowest BCUT2D eigenvalue weighted by molar-refractivity contribution is -0.359. The van der Waals surface area contributed by atoms with Crippen LogP contribution in [-0.4, -0.2) is 26.8 Å². The first-order chi connectivity index (χ1) is 9.20. The van der Waals surface area contributed by atoms with E-state index in [-0.39, 0.29) is 6.07 Å². The SMILES string of the molecule is CS(=O)(=O)Oc1ccccc1C(F)(F)C(F)(F)C(F)(F)F. The fraction of sp³-hybridized carbons (Fsp3) is 0.400. The van der Waals surface area contributed by atoms with Gasteiger partial charge in [-0.15, -0.1) is 0 Å². The molecule has 0 saturated heterocycles. The summed E-state index contributed by atoms with van der Waals surface area (Å²) in [6, 6.07) is 2.44. The van der Waals surface area contributed by atoms with Crippen molar-refractivity contribution >= 4 is 10.1 Å². The molecule has 0 bridgehead atoms. The van der Waals surface area contributed by atoms with E-state index in [1.54, 1.807) is 0 Å². The molecule has 3 nitrogen and oxygen atoms in total. The van der Waals surface area contributed by atoms with Crippen molar-refractivity contribution in [3.8, 4) is 5.75 Å². The monoisotopic (exact) mass is 340 g/mol. The summed E-state index contributed by atoms with van der Waals surface area (Å²) < 4.78 is 115. The largest absolute Gasteiger partial charge is 0.460 e. The zero-order valence-corrected chi connectivity index (χ0v) is 10.9. The number of rotatable bonds is 4. The van der Waals surface area contributed by atoms with E-state index in [0.29, 0.717) is 12.3 Å². The fourth-order valence-corrected chi connectivity index (χ4v) is 1.78. The summed E-state index contributed by atoms with van der Waals surface area (Å²) >= 11 is 0. The molecule has 120 valence electrons. The number of benzene rings is 1. The zero-order chi connectivity index (χ0) is 16.7. The lowest BCUT2D eigenvalue weighted by Crippen LogP contribution is -2.50. The highest BCUT2D eigenvalue weighted by Crippen LogP contribution is 2.53. The third-order valence-corrected chi connectivity index (χ3v) is 2.70. The minimum absolute atomic E-state index is 0.222. The van der Waals surface area contributed by atoms with Gasteiger partial charge < -0.3 is 4.18 Å². The van der Waals surface area contributed by atoms with Crippen LogP contribution in [0.1, 0.15) is 5.56 Å². The van der Waals surface area contributed by atoms with Gasteiger partial charge in [-0.2, -0.15) is 39.2 Å². The van der Waals surface area contributed by atoms with Gasteiger partial charge in [0.25, 0.3) is 0 Å². The second kappa shape index (κ2) is 5.04. The lowest BCUT2D eigenvalue weighted by atomic mass is 10.0. The Balaban J connectivity index is 3.46. The van der Waals surface area contributed by atoms with Gasteiger partial charge in [0, 0.05) is 0 Å². The molecule has 11 heteroatoms. The third kappa shape index (κ3) is 3.39. The molecule has 0 spiro atoms. The van der Waals surface area contributed by atoms with Crippen molar-refractivity contribution in [3.05, 3.63) is 29.8 Å². The first kappa shape index (κ1) is 17.5. The highest BCUT2D eigenvalue weighted by atomic mass is 32.2. The van der Waals surface area contributed by atoms with Crippen LogP contribution < -0.4 is 4.18 Å². The van der Waals surface area contributed by atoms with Crippen LogP contribution in [0.2, 0.25) is 0 Å². The van der Waals surface area contributed by atoms with Gasteiger partial charge in [0.15, 0.2) is 5.75 Å². The van der Waals surface area contributed by atoms with Crippen molar-refractivity contribution < 1.29 is 43.3 Å². The Morgan fingerprint density at radius 2 is 1.43 bits per heavy atom. The normalized spacial score (nSPS) is 14.1. The summed E-state index contributed by atoms with van der Waals surface area (Å²) in [5, 5.41) is 0. The van der Waals surface area contributed by atoms with E-state index >= 15 is 0 Å². The molecule has 0 amide bonds. The first-order valence-electron chi connectivity index (χ1n) is 5.01. The van der Waals surface area contributed by atoms with Gasteiger partial charge in [-0.25, -0.2) is 0 Å². The molecular formula is C10H7F7O3S. The molecular weight excluding hydrogens is 333 g/mol. The van der Waals surface area contributed by atoms with Gasteiger partial charge in [0.1, 0.15) is 0 Å². The molecule has 1 aromatic carbocycles. The molecule has 0 heterocycles. The van der Waals surface area contributed by atoms with Crippen LogP contribution >= 0.6 is 0 Å². The second-order valence-corrected chi connectivity index (χ2v) is 5.51. The average molecular weight is 340 g/mol. The zero-order valence-electron chi connectivity index (χ0n) is 10.1. The Morgan fingerprint density at radius 1 is 0.952 bits per heavy atom. The predicted octanol–water partition coefficient (Wildman–Crippen LogP) is 3.31. The molecule has 1 aromatic rings. The number of hydrogen-bond acceptors (Lipinski definition) is 3. The molecule has 0 aromatic heterocycles. The van der Waals surface area contributed by atoms with E-state index in [4.69, 9.17) is 0 Å². The van der Waals surface area contributed by atoms with Crippen molar-refractivity contribution in [1.29, 1.82) is 0 Å². The molecule has 0 unspecified atom stereocenters. The smallest absolute Gasteiger partial charge is 0.382 e. The Bertz CT molecular complexity index is 622. The molecule has 0 radical (unpaired) electrons. The molecule has 0 aliphatic heterocycles. The second-order valence-electron chi connectivity index (χ2n) is 3.93. The molecule has 0 aliphatic carbocycles. The summed E-state index contributed by atoms with van der Waals surface area (Å²) in [6.07, 6.45) is -6.11.